The highest BCUT2D eigenvalue weighted by Gasteiger charge is 2.41. The highest BCUT2D eigenvalue weighted by molar-refractivity contribution is 7.99. The number of carbonyl (C=O) groups is 3. The zero-order chi connectivity index (χ0) is 22.9. The van der Waals surface area contributed by atoms with Gasteiger partial charge in [0.15, 0.2) is 0 Å². The van der Waals surface area contributed by atoms with Crippen LogP contribution in [-0.4, -0.2) is 61.5 Å². The lowest BCUT2D eigenvalue weighted by atomic mass is 10.1. The number of hydrogen-bond donors (Lipinski definition) is 1. The number of imide groups is 1. The fraction of sp³-hybridized carbons (Fsp3) is 0.318. The average Bonchev–Trinajstić information content (AvgIpc) is 3.04. The van der Waals surface area contributed by atoms with Crippen molar-refractivity contribution in [2.24, 2.45) is 0 Å². The van der Waals surface area contributed by atoms with Crippen molar-refractivity contribution < 1.29 is 22.8 Å². The zero-order valence-electron chi connectivity index (χ0n) is 17.4. The largest absolute Gasteiger partial charge is 0.326 e. The Morgan fingerprint density at radius 3 is 2.50 bits per heavy atom. The van der Waals surface area contributed by atoms with E-state index in [9.17, 15) is 22.8 Å². The molecule has 2 atom stereocenters. The SMILES string of the molecule is CS(=O)(=O)CC[C@@H]1NC(=O)N(CC(=O)N2c3ccccc3SC[C@@H]2c2ccccc2)C1=O. The van der Waals surface area contributed by atoms with Gasteiger partial charge >= 0.3 is 6.03 Å². The second-order valence-electron chi connectivity index (χ2n) is 7.81. The van der Waals surface area contributed by atoms with Gasteiger partial charge in [0.2, 0.25) is 5.91 Å². The van der Waals surface area contributed by atoms with Crippen LogP contribution >= 0.6 is 11.8 Å². The highest BCUT2D eigenvalue weighted by atomic mass is 32.2. The number of sulfone groups is 1. The number of amides is 4. The van der Waals surface area contributed by atoms with Gasteiger partial charge in [-0.2, -0.15) is 0 Å². The molecule has 0 unspecified atom stereocenters. The van der Waals surface area contributed by atoms with E-state index in [2.05, 4.69) is 5.32 Å². The number of benzene rings is 2. The van der Waals surface area contributed by atoms with Crippen molar-refractivity contribution in [3.8, 4) is 0 Å². The Balaban J connectivity index is 1.57. The summed E-state index contributed by atoms with van der Waals surface area (Å²) in [5, 5.41) is 2.49. The molecule has 1 N–H and O–H groups in total. The molecule has 1 fully saturated rings. The molecule has 2 aliphatic heterocycles. The molecular formula is C22H23N3O5S2. The van der Waals surface area contributed by atoms with Gasteiger partial charge in [-0.25, -0.2) is 13.2 Å². The van der Waals surface area contributed by atoms with Crippen LogP contribution in [0.25, 0.3) is 0 Å². The normalized spacial score (nSPS) is 20.8. The van der Waals surface area contributed by atoms with Crippen molar-refractivity contribution >= 4 is 45.1 Å². The molecule has 2 heterocycles. The van der Waals surface area contributed by atoms with E-state index in [-0.39, 0.29) is 24.1 Å². The maximum atomic E-state index is 13.5. The van der Waals surface area contributed by atoms with E-state index < -0.39 is 34.4 Å². The van der Waals surface area contributed by atoms with Gasteiger partial charge in [0.1, 0.15) is 22.4 Å². The van der Waals surface area contributed by atoms with Gasteiger partial charge in [0, 0.05) is 16.9 Å². The molecule has 4 rings (SSSR count). The number of thioether (sulfide) groups is 1. The van der Waals surface area contributed by atoms with Gasteiger partial charge < -0.3 is 10.2 Å². The lowest BCUT2D eigenvalue weighted by Gasteiger charge is -2.37. The van der Waals surface area contributed by atoms with Crippen molar-refractivity contribution in [1.82, 2.24) is 10.2 Å². The van der Waals surface area contributed by atoms with E-state index in [1.165, 1.54) is 0 Å². The van der Waals surface area contributed by atoms with Gasteiger partial charge in [-0.15, -0.1) is 11.8 Å². The van der Waals surface area contributed by atoms with Gasteiger partial charge in [0.25, 0.3) is 5.91 Å². The zero-order valence-corrected chi connectivity index (χ0v) is 19.1. The standard InChI is InChI=1S/C22H23N3O5S2/c1-32(29,30)12-11-16-21(27)24(22(28)23-16)13-20(26)25-17-9-5-6-10-19(17)31-14-18(25)15-7-3-2-4-8-15/h2-10,16,18H,11-14H2,1H3,(H,23,28)/t16-,18+/m0/s1. The van der Waals surface area contributed by atoms with Gasteiger partial charge in [-0.05, 0) is 24.1 Å². The molecule has 0 aromatic heterocycles. The lowest BCUT2D eigenvalue weighted by Crippen LogP contribution is -2.46. The highest BCUT2D eigenvalue weighted by Crippen LogP contribution is 2.43. The third kappa shape index (κ3) is 4.66. The molecule has 0 saturated carbocycles. The minimum atomic E-state index is -3.28. The number of nitrogens with zero attached hydrogens (tertiary/aromatic N) is 2. The molecule has 2 aromatic rings. The number of carbonyl (C=O) groups excluding carboxylic acids is 3. The first-order chi connectivity index (χ1) is 15.2. The molecule has 4 amide bonds. The number of para-hydroxylation sites is 1. The summed E-state index contributed by atoms with van der Waals surface area (Å²) in [5.41, 5.74) is 1.70. The molecule has 8 nitrogen and oxygen atoms in total. The first-order valence-corrected chi connectivity index (χ1v) is 13.2. The minimum absolute atomic E-state index is 0.0239. The molecular weight excluding hydrogens is 450 g/mol. The number of anilines is 1. The van der Waals surface area contributed by atoms with Crippen LogP contribution in [0, 0.1) is 0 Å². The summed E-state index contributed by atoms with van der Waals surface area (Å²) in [5.74, 6) is -0.538. The van der Waals surface area contributed by atoms with Crippen LogP contribution in [0.15, 0.2) is 59.5 Å². The van der Waals surface area contributed by atoms with Crippen molar-refractivity contribution in [2.45, 2.75) is 23.4 Å². The summed E-state index contributed by atoms with van der Waals surface area (Å²) in [7, 11) is -3.28. The van der Waals surface area contributed by atoms with E-state index in [1.807, 2.05) is 54.6 Å². The molecule has 1 saturated heterocycles. The Labute approximate surface area is 190 Å². The summed E-state index contributed by atoms with van der Waals surface area (Å²) >= 11 is 1.66. The molecule has 32 heavy (non-hydrogen) atoms. The second kappa shape index (κ2) is 8.95. The van der Waals surface area contributed by atoms with Gasteiger partial charge in [0.05, 0.1) is 17.5 Å². The number of fused-ring (bicyclic) bond motifs is 1. The predicted molar refractivity (Wildman–Crippen MR) is 122 cm³/mol. The lowest BCUT2D eigenvalue weighted by molar-refractivity contribution is -0.131. The third-order valence-electron chi connectivity index (χ3n) is 5.46. The van der Waals surface area contributed by atoms with Crippen LogP contribution in [0.5, 0.6) is 0 Å². The summed E-state index contributed by atoms with van der Waals surface area (Å²) in [4.78, 5) is 42.1. The molecule has 2 aromatic carbocycles. The van der Waals surface area contributed by atoms with Crippen molar-refractivity contribution in [2.75, 3.05) is 29.2 Å². The molecule has 0 spiro atoms. The van der Waals surface area contributed by atoms with E-state index in [0.29, 0.717) is 5.75 Å². The summed E-state index contributed by atoms with van der Waals surface area (Å²) in [6, 6.07) is 15.3. The van der Waals surface area contributed by atoms with Crippen LogP contribution < -0.4 is 10.2 Å². The Kier molecular flexibility index (Phi) is 6.25. The van der Waals surface area contributed by atoms with Crippen LogP contribution in [0.2, 0.25) is 0 Å². The molecule has 0 aliphatic carbocycles. The molecule has 10 heteroatoms. The Hall–Kier alpha value is -2.85. The first kappa shape index (κ1) is 22.3. The topological polar surface area (TPSA) is 104 Å². The fourth-order valence-electron chi connectivity index (χ4n) is 3.88. The summed E-state index contributed by atoms with van der Waals surface area (Å²) < 4.78 is 22.9. The van der Waals surface area contributed by atoms with Crippen LogP contribution in [0.4, 0.5) is 10.5 Å². The van der Waals surface area contributed by atoms with Gasteiger partial charge in [-0.3, -0.25) is 14.5 Å². The molecule has 0 radical (unpaired) electrons. The van der Waals surface area contributed by atoms with Crippen LogP contribution in [0.1, 0.15) is 18.0 Å². The fourth-order valence-corrected chi connectivity index (χ4v) is 5.72. The average molecular weight is 474 g/mol. The number of urea groups is 1. The van der Waals surface area contributed by atoms with Crippen LogP contribution in [-0.2, 0) is 19.4 Å². The molecule has 0 bridgehead atoms. The Bertz CT molecular complexity index is 1150. The van der Waals surface area contributed by atoms with Crippen molar-refractivity contribution in [1.29, 1.82) is 0 Å². The number of nitrogens with one attached hydrogen (secondary N) is 1. The number of hydrogen-bond acceptors (Lipinski definition) is 6. The maximum absolute atomic E-state index is 13.5. The Morgan fingerprint density at radius 1 is 1.09 bits per heavy atom. The quantitative estimate of drug-likeness (QED) is 0.646. The second-order valence-corrected chi connectivity index (χ2v) is 11.1. The molecule has 2 aliphatic rings. The number of rotatable bonds is 6. The van der Waals surface area contributed by atoms with Crippen molar-refractivity contribution in [3.05, 3.63) is 60.2 Å². The monoisotopic (exact) mass is 473 g/mol. The van der Waals surface area contributed by atoms with E-state index in [0.717, 1.165) is 27.3 Å². The maximum Gasteiger partial charge on any atom is 0.325 e. The summed E-state index contributed by atoms with van der Waals surface area (Å²) in [6.45, 7) is -0.414. The predicted octanol–water partition coefficient (Wildman–Crippen LogP) is 2.22. The summed E-state index contributed by atoms with van der Waals surface area (Å²) in [6.07, 6.45) is 1.05. The minimum Gasteiger partial charge on any atom is -0.326 e. The van der Waals surface area contributed by atoms with Gasteiger partial charge in [-0.1, -0.05) is 42.5 Å². The van der Waals surface area contributed by atoms with Crippen LogP contribution in [0.3, 0.4) is 0 Å². The first-order valence-electron chi connectivity index (χ1n) is 10.1. The van der Waals surface area contributed by atoms with E-state index in [1.54, 1.807) is 16.7 Å². The smallest absolute Gasteiger partial charge is 0.325 e. The Morgan fingerprint density at radius 2 is 1.78 bits per heavy atom. The van der Waals surface area contributed by atoms with E-state index >= 15 is 0 Å². The van der Waals surface area contributed by atoms with Crippen molar-refractivity contribution in [3.63, 3.8) is 0 Å². The van der Waals surface area contributed by atoms with E-state index in [4.69, 9.17) is 0 Å². The third-order valence-corrected chi connectivity index (χ3v) is 7.58. The molecule has 168 valence electrons.